The zero-order chi connectivity index (χ0) is 45.1. The zero-order valence-corrected chi connectivity index (χ0v) is 40.9. The molecular formula is C56H98O6. The molecule has 1 unspecified atom stereocenters. The Morgan fingerprint density at radius 1 is 0.339 bits per heavy atom. The number of unbranched alkanes of at least 4 members (excludes halogenated alkanes) is 26. The average molecular weight is 867 g/mol. The first-order chi connectivity index (χ1) is 30.5. The second-order valence-corrected chi connectivity index (χ2v) is 17.4. The van der Waals surface area contributed by atoms with Crippen LogP contribution >= 0.6 is 0 Å². The van der Waals surface area contributed by atoms with Gasteiger partial charge in [0, 0.05) is 19.3 Å². The van der Waals surface area contributed by atoms with Crippen molar-refractivity contribution in [3.8, 4) is 0 Å². The summed E-state index contributed by atoms with van der Waals surface area (Å²) in [5.74, 6) is -0.910. The third kappa shape index (κ3) is 48.1. The second kappa shape index (κ2) is 50.8. The van der Waals surface area contributed by atoms with Crippen molar-refractivity contribution in [1.29, 1.82) is 0 Å². The van der Waals surface area contributed by atoms with E-state index in [4.69, 9.17) is 14.2 Å². The minimum atomic E-state index is -0.782. The van der Waals surface area contributed by atoms with Crippen LogP contribution in [0.25, 0.3) is 0 Å². The maximum Gasteiger partial charge on any atom is 0.306 e. The number of carbonyl (C=O) groups excluding carboxylic acids is 3. The van der Waals surface area contributed by atoms with Crippen molar-refractivity contribution in [1.82, 2.24) is 0 Å². The van der Waals surface area contributed by atoms with Gasteiger partial charge in [0.05, 0.1) is 0 Å². The van der Waals surface area contributed by atoms with Crippen LogP contribution in [0.4, 0.5) is 0 Å². The second-order valence-electron chi connectivity index (χ2n) is 17.4. The minimum Gasteiger partial charge on any atom is -0.462 e. The predicted octanol–water partition coefficient (Wildman–Crippen LogP) is 17.3. The molecule has 0 aromatic carbocycles. The van der Waals surface area contributed by atoms with Gasteiger partial charge in [-0.3, -0.25) is 14.4 Å². The molecule has 1 atom stereocenters. The molecule has 0 saturated heterocycles. The number of rotatable bonds is 47. The van der Waals surface area contributed by atoms with Crippen LogP contribution in [-0.4, -0.2) is 37.2 Å². The van der Waals surface area contributed by atoms with E-state index in [0.717, 1.165) is 96.3 Å². The van der Waals surface area contributed by atoms with Gasteiger partial charge in [-0.1, -0.05) is 236 Å². The van der Waals surface area contributed by atoms with Crippen molar-refractivity contribution in [2.75, 3.05) is 13.2 Å². The third-order valence-corrected chi connectivity index (χ3v) is 11.3. The Bertz CT molecular complexity index is 1130. The SMILES string of the molecule is CC/C=C\C/C=C\C/C=C\C/C=C\C/C=C\CCCCCC(=O)OCC(COC(=O)CCCCCCCCCCC)OC(=O)CCCCCCCCCCCCCCCCCC. The normalized spacial score (nSPS) is 12.5. The van der Waals surface area contributed by atoms with Gasteiger partial charge in [0.25, 0.3) is 0 Å². The van der Waals surface area contributed by atoms with Gasteiger partial charge >= 0.3 is 17.9 Å². The fourth-order valence-corrected chi connectivity index (χ4v) is 7.35. The lowest BCUT2D eigenvalue weighted by Gasteiger charge is -2.18. The summed E-state index contributed by atoms with van der Waals surface area (Å²) < 4.78 is 16.8. The van der Waals surface area contributed by atoms with Gasteiger partial charge in [0.1, 0.15) is 13.2 Å². The first-order valence-corrected chi connectivity index (χ1v) is 26.3. The van der Waals surface area contributed by atoms with E-state index in [1.165, 1.54) is 122 Å². The average Bonchev–Trinajstić information content (AvgIpc) is 3.27. The summed E-state index contributed by atoms with van der Waals surface area (Å²) >= 11 is 0. The molecule has 0 spiro atoms. The Labute approximate surface area is 383 Å². The van der Waals surface area contributed by atoms with Crippen LogP contribution in [0.15, 0.2) is 60.8 Å². The van der Waals surface area contributed by atoms with E-state index in [9.17, 15) is 14.4 Å². The van der Waals surface area contributed by atoms with Gasteiger partial charge in [0.2, 0.25) is 0 Å². The summed E-state index contributed by atoms with van der Waals surface area (Å²) in [6.07, 6.45) is 62.1. The molecule has 0 bridgehead atoms. The number of allylic oxidation sites excluding steroid dienone is 10. The fourth-order valence-electron chi connectivity index (χ4n) is 7.35. The van der Waals surface area contributed by atoms with E-state index in [2.05, 4.69) is 81.5 Å². The van der Waals surface area contributed by atoms with Crippen molar-refractivity contribution in [3.05, 3.63) is 60.8 Å². The van der Waals surface area contributed by atoms with Crippen molar-refractivity contribution >= 4 is 17.9 Å². The molecule has 6 heteroatoms. The number of hydrogen-bond acceptors (Lipinski definition) is 6. The predicted molar refractivity (Wildman–Crippen MR) is 265 cm³/mol. The molecule has 0 aromatic heterocycles. The summed E-state index contributed by atoms with van der Waals surface area (Å²) in [6.45, 7) is 6.49. The highest BCUT2D eigenvalue weighted by Gasteiger charge is 2.19. The summed E-state index contributed by atoms with van der Waals surface area (Å²) in [5.41, 5.74) is 0. The molecule has 0 aliphatic carbocycles. The Kier molecular flexibility index (Phi) is 48.4. The molecule has 0 heterocycles. The minimum absolute atomic E-state index is 0.0819. The number of esters is 3. The molecule has 0 radical (unpaired) electrons. The molecule has 0 saturated carbocycles. The highest BCUT2D eigenvalue weighted by Crippen LogP contribution is 2.16. The number of carbonyl (C=O) groups is 3. The molecule has 0 aliphatic heterocycles. The van der Waals surface area contributed by atoms with Crippen LogP contribution in [0.2, 0.25) is 0 Å². The highest BCUT2D eigenvalue weighted by atomic mass is 16.6. The molecule has 0 fully saturated rings. The standard InChI is InChI=1S/C56H98O6/c1-4-7-10-13-16-19-21-23-25-27-28-29-31-32-34-37-40-43-46-49-55(58)61-52-53(51-60-54(57)48-45-42-39-36-18-15-12-9-6-3)62-56(59)50-47-44-41-38-35-33-30-26-24-22-20-17-14-11-8-5-2/h7,10,16,19,23,25,28-29,32,34,53H,4-6,8-9,11-15,17-18,20-22,24,26-27,30-31,33,35-52H2,1-3H3/b10-7-,19-16-,25-23-,29-28-,34-32-. The lowest BCUT2D eigenvalue weighted by molar-refractivity contribution is -0.167. The van der Waals surface area contributed by atoms with Crippen molar-refractivity contribution in [3.63, 3.8) is 0 Å². The Hall–Kier alpha value is -2.89. The number of hydrogen-bond donors (Lipinski definition) is 0. The highest BCUT2D eigenvalue weighted by molar-refractivity contribution is 5.71. The molecule has 0 aromatic rings. The molecule has 62 heavy (non-hydrogen) atoms. The lowest BCUT2D eigenvalue weighted by Crippen LogP contribution is -2.30. The Morgan fingerprint density at radius 3 is 0.984 bits per heavy atom. The summed E-state index contributed by atoms with van der Waals surface area (Å²) in [7, 11) is 0. The van der Waals surface area contributed by atoms with Crippen LogP contribution in [0.3, 0.4) is 0 Å². The van der Waals surface area contributed by atoms with Crippen molar-refractivity contribution < 1.29 is 28.6 Å². The first-order valence-electron chi connectivity index (χ1n) is 26.3. The Morgan fingerprint density at radius 2 is 0.629 bits per heavy atom. The Balaban J connectivity index is 4.36. The third-order valence-electron chi connectivity index (χ3n) is 11.3. The maximum atomic E-state index is 12.8. The van der Waals surface area contributed by atoms with Gasteiger partial charge in [0.15, 0.2) is 6.10 Å². The summed E-state index contributed by atoms with van der Waals surface area (Å²) in [6, 6.07) is 0. The molecule has 0 amide bonds. The van der Waals surface area contributed by atoms with Crippen molar-refractivity contribution in [2.45, 2.75) is 264 Å². The van der Waals surface area contributed by atoms with Crippen LogP contribution in [0.5, 0.6) is 0 Å². The van der Waals surface area contributed by atoms with Crippen molar-refractivity contribution in [2.24, 2.45) is 0 Å². The van der Waals surface area contributed by atoms with Crippen LogP contribution in [0, 0.1) is 0 Å². The van der Waals surface area contributed by atoms with Gasteiger partial charge in [-0.25, -0.2) is 0 Å². The zero-order valence-electron chi connectivity index (χ0n) is 40.9. The largest absolute Gasteiger partial charge is 0.462 e. The molecule has 358 valence electrons. The first kappa shape index (κ1) is 59.1. The number of ether oxygens (including phenoxy) is 3. The molecule has 6 nitrogen and oxygen atoms in total. The maximum absolute atomic E-state index is 12.8. The van der Waals surface area contributed by atoms with Gasteiger partial charge in [-0.05, 0) is 64.2 Å². The molecule has 0 N–H and O–H groups in total. The van der Waals surface area contributed by atoms with E-state index < -0.39 is 6.10 Å². The van der Waals surface area contributed by atoms with Gasteiger partial charge in [-0.15, -0.1) is 0 Å². The summed E-state index contributed by atoms with van der Waals surface area (Å²) in [5, 5.41) is 0. The van der Waals surface area contributed by atoms with E-state index in [1.54, 1.807) is 0 Å². The van der Waals surface area contributed by atoms with Crippen LogP contribution < -0.4 is 0 Å². The van der Waals surface area contributed by atoms with Gasteiger partial charge < -0.3 is 14.2 Å². The van der Waals surface area contributed by atoms with Crippen LogP contribution in [0.1, 0.15) is 258 Å². The lowest BCUT2D eigenvalue weighted by atomic mass is 10.0. The van der Waals surface area contributed by atoms with E-state index in [-0.39, 0.29) is 31.1 Å². The fraction of sp³-hybridized carbons (Fsp3) is 0.768. The quantitative estimate of drug-likeness (QED) is 0.0262. The molecule has 0 aliphatic rings. The topological polar surface area (TPSA) is 78.9 Å². The summed E-state index contributed by atoms with van der Waals surface area (Å²) in [4.78, 5) is 37.9. The smallest absolute Gasteiger partial charge is 0.306 e. The molecular weight excluding hydrogens is 769 g/mol. The van der Waals surface area contributed by atoms with E-state index in [1.807, 2.05) is 0 Å². The van der Waals surface area contributed by atoms with E-state index in [0.29, 0.717) is 19.3 Å². The van der Waals surface area contributed by atoms with Gasteiger partial charge in [-0.2, -0.15) is 0 Å². The van der Waals surface area contributed by atoms with E-state index >= 15 is 0 Å². The monoisotopic (exact) mass is 867 g/mol. The molecule has 0 rings (SSSR count). The van der Waals surface area contributed by atoms with Crippen LogP contribution in [-0.2, 0) is 28.6 Å².